The van der Waals surface area contributed by atoms with E-state index in [-0.39, 0.29) is 0 Å². The van der Waals surface area contributed by atoms with Crippen molar-refractivity contribution in [1.82, 2.24) is 9.88 Å². The Hall–Kier alpha value is -2.09. The number of oxazole rings is 1. The number of rotatable bonds is 5. The fraction of sp³-hybridized carbons (Fsp3) is 0.316. The van der Waals surface area contributed by atoms with Crippen LogP contribution in [0.25, 0.3) is 22.6 Å². The van der Waals surface area contributed by atoms with E-state index in [1.165, 1.54) is 0 Å². The van der Waals surface area contributed by atoms with Crippen molar-refractivity contribution in [2.24, 2.45) is 0 Å². The molecule has 136 valence electrons. The Bertz CT molecular complexity index is 906. The fourth-order valence-electron chi connectivity index (χ4n) is 2.94. The average molecular weight is 418 g/mol. The Labute approximate surface area is 160 Å². The van der Waals surface area contributed by atoms with E-state index in [1.54, 1.807) is 0 Å². The first-order valence-corrected chi connectivity index (χ1v) is 9.37. The van der Waals surface area contributed by atoms with Gasteiger partial charge in [0.1, 0.15) is 17.9 Å². The van der Waals surface area contributed by atoms with E-state index in [2.05, 4.69) is 25.8 Å². The summed E-state index contributed by atoms with van der Waals surface area (Å²) in [5.41, 5.74) is 9.11. The van der Waals surface area contributed by atoms with Crippen LogP contribution in [0.3, 0.4) is 0 Å². The predicted molar refractivity (Wildman–Crippen MR) is 104 cm³/mol. The highest BCUT2D eigenvalue weighted by atomic mass is 79.9. The first kappa shape index (κ1) is 17.3. The molecule has 0 atom stereocenters. The number of aromatic nitrogens is 1. The number of fused-ring (bicyclic) bond motifs is 1. The summed E-state index contributed by atoms with van der Waals surface area (Å²) < 4.78 is 18.0. The van der Waals surface area contributed by atoms with Crippen LogP contribution in [0.4, 0.5) is 5.69 Å². The molecule has 1 saturated heterocycles. The number of hydrogen-bond donors (Lipinski definition) is 1. The van der Waals surface area contributed by atoms with Crippen LogP contribution in [0.15, 0.2) is 45.3 Å². The number of nitrogen functional groups attached to an aromatic ring is 1. The number of benzene rings is 2. The number of halogens is 1. The minimum absolute atomic E-state index is 0.546. The summed E-state index contributed by atoms with van der Waals surface area (Å²) in [5, 5.41) is 0. The summed E-state index contributed by atoms with van der Waals surface area (Å²) in [7, 11) is 0. The number of nitrogens with two attached hydrogens (primary N) is 1. The molecule has 6 nitrogen and oxygen atoms in total. The summed E-state index contributed by atoms with van der Waals surface area (Å²) >= 11 is 3.44. The third-order valence-corrected chi connectivity index (χ3v) is 4.87. The largest absolute Gasteiger partial charge is 0.490 e. The highest BCUT2D eigenvalue weighted by Gasteiger charge is 2.12. The van der Waals surface area contributed by atoms with Gasteiger partial charge in [0.25, 0.3) is 0 Å². The van der Waals surface area contributed by atoms with Gasteiger partial charge in [0, 0.05) is 29.7 Å². The van der Waals surface area contributed by atoms with Crippen molar-refractivity contribution < 1.29 is 13.9 Å². The van der Waals surface area contributed by atoms with Gasteiger partial charge in [0.15, 0.2) is 5.58 Å². The van der Waals surface area contributed by atoms with Gasteiger partial charge in [-0.1, -0.05) is 15.9 Å². The van der Waals surface area contributed by atoms with E-state index in [0.717, 1.165) is 54.0 Å². The lowest BCUT2D eigenvalue weighted by Crippen LogP contribution is -2.38. The Morgan fingerprint density at radius 1 is 1.15 bits per heavy atom. The molecule has 0 saturated carbocycles. The monoisotopic (exact) mass is 417 g/mol. The summed E-state index contributed by atoms with van der Waals surface area (Å²) in [6, 6.07) is 11.4. The molecule has 0 bridgehead atoms. The van der Waals surface area contributed by atoms with Crippen molar-refractivity contribution in [2.45, 2.75) is 0 Å². The van der Waals surface area contributed by atoms with Crippen LogP contribution in [-0.2, 0) is 4.74 Å². The van der Waals surface area contributed by atoms with E-state index in [9.17, 15) is 0 Å². The molecule has 0 radical (unpaired) electrons. The van der Waals surface area contributed by atoms with E-state index < -0.39 is 0 Å². The third-order valence-electron chi connectivity index (χ3n) is 4.38. The molecule has 1 aromatic heterocycles. The average Bonchev–Trinajstić information content (AvgIpc) is 3.07. The van der Waals surface area contributed by atoms with Crippen molar-refractivity contribution >= 4 is 32.7 Å². The molecule has 2 heterocycles. The molecule has 3 aromatic rings. The molecule has 1 aliphatic rings. The molecule has 7 heteroatoms. The number of hydrogen-bond acceptors (Lipinski definition) is 6. The maximum atomic E-state index is 6.16. The van der Waals surface area contributed by atoms with Gasteiger partial charge in [0.2, 0.25) is 5.89 Å². The quantitative estimate of drug-likeness (QED) is 0.639. The number of nitrogens with zero attached hydrogens (tertiary/aromatic N) is 2. The molecule has 2 aromatic carbocycles. The standard InChI is InChI=1S/C19H20BrN3O3/c20-14-2-3-16-18(12-14)26-19(22-16)13-1-4-17(15(21)11-13)25-10-7-23-5-8-24-9-6-23/h1-4,11-12H,5-10,21H2. The molecule has 0 spiro atoms. The lowest BCUT2D eigenvalue weighted by atomic mass is 10.2. The first-order valence-electron chi connectivity index (χ1n) is 8.58. The van der Waals surface area contributed by atoms with Gasteiger partial charge < -0.3 is 19.6 Å². The molecule has 1 aliphatic heterocycles. The van der Waals surface area contributed by atoms with Crippen LogP contribution in [0, 0.1) is 0 Å². The van der Waals surface area contributed by atoms with Crippen LogP contribution in [0.2, 0.25) is 0 Å². The van der Waals surface area contributed by atoms with Gasteiger partial charge >= 0.3 is 0 Å². The summed E-state index contributed by atoms with van der Waals surface area (Å²) in [6.07, 6.45) is 0. The molecule has 26 heavy (non-hydrogen) atoms. The van der Waals surface area contributed by atoms with E-state index in [0.29, 0.717) is 23.9 Å². The second-order valence-electron chi connectivity index (χ2n) is 6.19. The van der Waals surface area contributed by atoms with Crippen LogP contribution in [0.1, 0.15) is 0 Å². The van der Waals surface area contributed by atoms with Crippen molar-refractivity contribution in [3.8, 4) is 17.2 Å². The Kier molecular flexibility index (Phi) is 5.10. The van der Waals surface area contributed by atoms with E-state index in [4.69, 9.17) is 19.6 Å². The lowest BCUT2D eigenvalue weighted by molar-refractivity contribution is 0.0323. The van der Waals surface area contributed by atoms with Crippen molar-refractivity contribution in [3.05, 3.63) is 40.9 Å². The Morgan fingerprint density at radius 2 is 2.00 bits per heavy atom. The van der Waals surface area contributed by atoms with Gasteiger partial charge in [-0.25, -0.2) is 4.98 Å². The van der Waals surface area contributed by atoms with Crippen LogP contribution >= 0.6 is 15.9 Å². The fourth-order valence-corrected chi connectivity index (χ4v) is 3.28. The molecular formula is C19H20BrN3O3. The highest BCUT2D eigenvalue weighted by Crippen LogP contribution is 2.31. The van der Waals surface area contributed by atoms with Gasteiger partial charge in [-0.2, -0.15) is 0 Å². The Balaban J connectivity index is 1.44. The normalized spacial score (nSPS) is 15.4. The lowest BCUT2D eigenvalue weighted by Gasteiger charge is -2.26. The number of morpholine rings is 1. The smallest absolute Gasteiger partial charge is 0.227 e. The minimum atomic E-state index is 0.546. The maximum absolute atomic E-state index is 6.16. The van der Waals surface area contributed by atoms with Gasteiger partial charge in [-0.05, 0) is 36.4 Å². The molecule has 0 amide bonds. The van der Waals surface area contributed by atoms with Crippen LogP contribution in [-0.4, -0.2) is 49.3 Å². The maximum Gasteiger partial charge on any atom is 0.227 e. The van der Waals surface area contributed by atoms with Crippen LogP contribution < -0.4 is 10.5 Å². The zero-order valence-electron chi connectivity index (χ0n) is 14.3. The van der Waals surface area contributed by atoms with E-state index >= 15 is 0 Å². The summed E-state index contributed by atoms with van der Waals surface area (Å²) in [4.78, 5) is 6.84. The molecule has 4 rings (SSSR count). The molecule has 2 N–H and O–H groups in total. The molecule has 0 unspecified atom stereocenters. The second kappa shape index (κ2) is 7.65. The van der Waals surface area contributed by atoms with Gasteiger partial charge in [0.05, 0.1) is 18.9 Å². The van der Waals surface area contributed by atoms with Gasteiger partial charge in [-0.3, -0.25) is 4.90 Å². The second-order valence-corrected chi connectivity index (χ2v) is 7.10. The third kappa shape index (κ3) is 3.85. The first-order chi connectivity index (χ1) is 12.7. The number of anilines is 1. The molecule has 1 fully saturated rings. The zero-order valence-corrected chi connectivity index (χ0v) is 15.9. The van der Waals surface area contributed by atoms with Crippen molar-refractivity contribution in [3.63, 3.8) is 0 Å². The summed E-state index contributed by atoms with van der Waals surface area (Å²) in [6.45, 7) is 4.94. The summed E-state index contributed by atoms with van der Waals surface area (Å²) in [5.74, 6) is 1.23. The van der Waals surface area contributed by atoms with Gasteiger partial charge in [-0.15, -0.1) is 0 Å². The topological polar surface area (TPSA) is 73.8 Å². The Morgan fingerprint density at radius 3 is 2.81 bits per heavy atom. The van der Waals surface area contributed by atoms with Crippen LogP contribution in [0.5, 0.6) is 5.75 Å². The van der Waals surface area contributed by atoms with Crippen molar-refractivity contribution in [1.29, 1.82) is 0 Å². The SMILES string of the molecule is Nc1cc(-c2nc3ccc(Br)cc3o2)ccc1OCCN1CCOCC1. The highest BCUT2D eigenvalue weighted by molar-refractivity contribution is 9.10. The predicted octanol–water partition coefficient (Wildman–Crippen LogP) is 3.55. The zero-order chi connectivity index (χ0) is 17.9. The minimum Gasteiger partial charge on any atom is -0.490 e. The number of ether oxygens (including phenoxy) is 2. The molecule has 0 aliphatic carbocycles. The van der Waals surface area contributed by atoms with E-state index in [1.807, 2.05) is 36.4 Å². The van der Waals surface area contributed by atoms with Crippen molar-refractivity contribution in [2.75, 3.05) is 45.2 Å². The molecular weight excluding hydrogens is 398 g/mol.